The Morgan fingerprint density at radius 1 is 1.27 bits per heavy atom. The van der Waals surface area contributed by atoms with E-state index < -0.39 is 5.97 Å². The van der Waals surface area contributed by atoms with Crippen molar-refractivity contribution < 1.29 is 14.3 Å². The molecule has 0 radical (unpaired) electrons. The topological polar surface area (TPSA) is 78.6 Å². The molecule has 176 valence electrons. The highest BCUT2D eigenvalue weighted by Gasteiger charge is 2.27. The summed E-state index contributed by atoms with van der Waals surface area (Å²) >= 11 is 1.66. The molecule has 4 heterocycles. The number of esters is 1. The number of aromatic nitrogens is 3. The molecule has 0 unspecified atom stereocenters. The molecule has 0 spiro atoms. The third kappa shape index (κ3) is 5.54. The fourth-order valence-electron chi connectivity index (χ4n) is 4.29. The third-order valence-electron chi connectivity index (χ3n) is 6.16. The molecule has 9 heteroatoms. The van der Waals surface area contributed by atoms with Gasteiger partial charge in [0.2, 0.25) is 0 Å². The highest BCUT2D eigenvalue weighted by Crippen LogP contribution is 2.25. The van der Waals surface area contributed by atoms with E-state index >= 15 is 0 Å². The van der Waals surface area contributed by atoms with E-state index in [-0.39, 0.29) is 5.56 Å². The Hall–Kier alpha value is -2.91. The Labute approximate surface area is 197 Å². The van der Waals surface area contributed by atoms with Crippen molar-refractivity contribution in [2.75, 3.05) is 26.8 Å². The van der Waals surface area contributed by atoms with Gasteiger partial charge in [0.25, 0.3) is 5.56 Å². The van der Waals surface area contributed by atoms with Crippen LogP contribution in [0, 0.1) is 0 Å². The maximum atomic E-state index is 13.0. The first-order valence-electron chi connectivity index (χ1n) is 11.3. The van der Waals surface area contributed by atoms with Crippen molar-refractivity contribution in [3.8, 4) is 5.75 Å². The SMILES string of the molecule is COC(=O)c1c(OCCc2cccs2)cc(=O)n2c1CCN([C@@H](C)CCn1cccn1)CC2. The van der Waals surface area contributed by atoms with E-state index in [1.807, 2.05) is 34.5 Å². The number of methoxy groups -OCH3 is 1. The number of nitrogens with zero attached hydrogens (tertiary/aromatic N) is 4. The molecule has 1 aliphatic rings. The Kier molecular flexibility index (Phi) is 7.61. The smallest absolute Gasteiger partial charge is 0.343 e. The molecule has 1 aliphatic heterocycles. The predicted molar refractivity (Wildman–Crippen MR) is 127 cm³/mol. The van der Waals surface area contributed by atoms with E-state index in [1.165, 1.54) is 18.1 Å². The standard InChI is InChI=1S/C24H30N4O4S/c1-18(6-12-27-10-4-9-25-27)26-11-7-20-23(24(30)31-2)21(17-22(29)28(20)14-13-26)32-15-8-19-5-3-16-33-19/h3-5,9-10,16-18H,6-8,11-15H2,1-2H3/t18-/m0/s1. The largest absolute Gasteiger partial charge is 0.492 e. The van der Waals surface area contributed by atoms with Crippen molar-refractivity contribution >= 4 is 17.3 Å². The van der Waals surface area contributed by atoms with Crippen molar-refractivity contribution in [3.05, 3.63) is 68.5 Å². The van der Waals surface area contributed by atoms with Crippen LogP contribution in [0.4, 0.5) is 0 Å². The Morgan fingerprint density at radius 2 is 2.15 bits per heavy atom. The summed E-state index contributed by atoms with van der Waals surface area (Å²) in [6, 6.07) is 7.72. The second kappa shape index (κ2) is 10.8. The lowest BCUT2D eigenvalue weighted by Crippen LogP contribution is -2.36. The van der Waals surface area contributed by atoms with Crippen LogP contribution in [0.25, 0.3) is 0 Å². The van der Waals surface area contributed by atoms with Gasteiger partial charge in [0.15, 0.2) is 0 Å². The van der Waals surface area contributed by atoms with E-state index in [4.69, 9.17) is 9.47 Å². The molecule has 0 saturated heterocycles. The number of carbonyl (C=O) groups excluding carboxylic acids is 1. The minimum Gasteiger partial charge on any atom is -0.492 e. The first-order valence-corrected chi connectivity index (χ1v) is 12.2. The van der Waals surface area contributed by atoms with Crippen LogP contribution >= 0.6 is 11.3 Å². The van der Waals surface area contributed by atoms with Crippen LogP contribution in [-0.4, -0.2) is 58.1 Å². The molecule has 8 nitrogen and oxygen atoms in total. The van der Waals surface area contributed by atoms with E-state index in [0.717, 1.165) is 32.5 Å². The lowest BCUT2D eigenvalue weighted by molar-refractivity contribution is 0.0593. The molecule has 0 amide bonds. The van der Waals surface area contributed by atoms with E-state index in [9.17, 15) is 9.59 Å². The average molecular weight is 471 g/mol. The number of aryl methyl sites for hydroxylation is 1. The van der Waals surface area contributed by atoms with Gasteiger partial charge in [-0.1, -0.05) is 6.07 Å². The number of rotatable bonds is 9. The van der Waals surface area contributed by atoms with E-state index in [2.05, 4.69) is 16.9 Å². The first kappa shape index (κ1) is 23.3. The number of ether oxygens (including phenoxy) is 2. The number of carbonyl (C=O) groups is 1. The summed E-state index contributed by atoms with van der Waals surface area (Å²) in [5, 5.41) is 6.29. The van der Waals surface area contributed by atoms with Gasteiger partial charge in [-0.05, 0) is 30.9 Å². The number of hydrogen-bond donors (Lipinski definition) is 0. The van der Waals surface area contributed by atoms with Gasteiger partial charge in [0, 0.05) is 74.1 Å². The summed E-state index contributed by atoms with van der Waals surface area (Å²) in [5.74, 6) is -0.153. The van der Waals surface area contributed by atoms with Crippen molar-refractivity contribution in [3.63, 3.8) is 0 Å². The summed E-state index contributed by atoms with van der Waals surface area (Å²) in [4.78, 5) is 29.2. The highest BCUT2D eigenvalue weighted by molar-refractivity contribution is 7.09. The second-order valence-corrected chi connectivity index (χ2v) is 9.21. The fraction of sp³-hybridized carbons (Fsp3) is 0.458. The van der Waals surface area contributed by atoms with Gasteiger partial charge >= 0.3 is 5.97 Å². The zero-order chi connectivity index (χ0) is 23.2. The molecule has 0 bridgehead atoms. The molecular formula is C24H30N4O4S. The second-order valence-electron chi connectivity index (χ2n) is 8.18. The number of fused-ring (bicyclic) bond motifs is 1. The number of thiophene rings is 1. The lowest BCUT2D eigenvalue weighted by atomic mass is 10.1. The van der Waals surface area contributed by atoms with Gasteiger partial charge in [-0.2, -0.15) is 5.10 Å². The summed E-state index contributed by atoms with van der Waals surface area (Å²) in [6.07, 6.45) is 6.00. The third-order valence-corrected chi connectivity index (χ3v) is 7.10. The lowest BCUT2D eigenvalue weighted by Gasteiger charge is -2.27. The van der Waals surface area contributed by atoms with Gasteiger partial charge in [-0.15, -0.1) is 11.3 Å². The minimum atomic E-state index is -0.468. The summed E-state index contributed by atoms with van der Waals surface area (Å²) in [6.45, 7) is 5.45. The van der Waals surface area contributed by atoms with Crippen LogP contribution in [0.5, 0.6) is 5.75 Å². The number of pyridine rings is 1. The summed E-state index contributed by atoms with van der Waals surface area (Å²) < 4.78 is 14.7. The van der Waals surface area contributed by atoms with Gasteiger partial charge in [-0.25, -0.2) is 4.79 Å². The first-order chi connectivity index (χ1) is 16.1. The van der Waals surface area contributed by atoms with Crippen LogP contribution in [0.2, 0.25) is 0 Å². The molecule has 4 rings (SSSR count). The zero-order valence-corrected chi connectivity index (χ0v) is 19.9. The van der Waals surface area contributed by atoms with Crippen LogP contribution in [0.15, 0.2) is 46.8 Å². The van der Waals surface area contributed by atoms with Crippen molar-refractivity contribution in [1.29, 1.82) is 0 Å². The van der Waals surface area contributed by atoms with Crippen LogP contribution in [0.3, 0.4) is 0 Å². The Bertz CT molecular complexity index is 1110. The van der Waals surface area contributed by atoms with E-state index in [1.54, 1.807) is 22.1 Å². The quantitative estimate of drug-likeness (QED) is 0.448. The molecular weight excluding hydrogens is 440 g/mol. The van der Waals surface area contributed by atoms with Crippen LogP contribution in [-0.2, 0) is 30.7 Å². The minimum absolute atomic E-state index is 0.144. The molecule has 1 atom stereocenters. The van der Waals surface area contributed by atoms with Gasteiger partial charge in [-0.3, -0.25) is 14.4 Å². The Morgan fingerprint density at radius 3 is 2.88 bits per heavy atom. The van der Waals surface area contributed by atoms with Crippen molar-refractivity contribution in [2.24, 2.45) is 0 Å². The molecule has 0 fully saturated rings. The average Bonchev–Trinajstić information content (AvgIpc) is 3.48. The van der Waals surface area contributed by atoms with Gasteiger partial charge in [0.1, 0.15) is 11.3 Å². The van der Waals surface area contributed by atoms with Crippen molar-refractivity contribution in [2.45, 2.75) is 45.3 Å². The molecule has 3 aromatic rings. The maximum Gasteiger partial charge on any atom is 0.343 e. The summed E-state index contributed by atoms with van der Waals surface area (Å²) in [5.41, 5.74) is 0.923. The molecule has 0 N–H and O–H groups in total. The van der Waals surface area contributed by atoms with Gasteiger partial charge < -0.3 is 14.0 Å². The normalized spacial score (nSPS) is 15.0. The van der Waals surface area contributed by atoms with Crippen molar-refractivity contribution in [1.82, 2.24) is 19.2 Å². The van der Waals surface area contributed by atoms with E-state index in [0.29, 0.717) is 42.6 Å². The Balaban J connectivity index is 1.50. The molecule has 0 aromatic carbocycles. The molecule has 0 saturated carbocycles. The highest BCUT2D eigenvalue weighted by atomic mass is 32.1. The monoisotopic (exact) mass is 470 g/mol. The zero-order valence-electron chi connectivity index (χ0n) is 19.1. The van der Waals surface area contributed by atoms with Gasteiger partial charge in [0.05, 0.1) is 13.7 Å². The molecule has 3 aromatic heterocycles. The fourth-order valence-corrected chi connectivity index (χ4v) is 4.98. The maximum absolute atomic E-state index is 13.0. The summed E-state index contributed by atoms with van der Waals surface area (Å²) in [7, 11) is 1.36. The van der Waals surface area contributed by atoms with Crippen LogP contribution < -0.4 is 10.3 Å². The molecule has 0 aliphatic carbocycles. The molecule has 33 heavy (non-hydrogen) atoms. The predicted octanol–water partition coefficient (Wildman–Crippen LogP) is 2.85. The number of hydrogen-bond acceptors (Lipinski definition) is 7. The van der Waals surface area contributed by atoms with Crippen LogP contribution in [0.1, 0.15) is 34.3 Å².